The fraction of sp³-hybridized carbons (Fsp3) is 0. The summed E-state index contributed by atoms with van der Waals surface area (Å²) in [5, 5.41) is 11.6. The van der Waals surface area contributed by atoms with E-state index >= 15 is 9.13 Å². The van der Waals surface area contributed by atoms with Gasteiger partial charge in [-0.1, -0.05) is 194 Å². The highest BCUT2D eigenvalue weighted by Crippen LogP contribution is 2.47. The van der Waals surface area contributed by atoms with E-state index in [0.717, 1.165) is 109 Å². The molecule has 0 fully saturated rings. The minimum absolute atomic E-state index is 0.758. The van der Waals surface area contributed by atoms with E-state index in [9.17, 15) is 0 Å². The molecule has 388 valence electrons. The van der Waals surface area contributed by atoms with Crippen molar-refractivity contribution in [2.45, 2.75) is 0 Å². The lowest BCUT2D eigenvalue weighted by atomic mass is 10.2. The van der Waals surface area contributed by atoms with Gasteiger partial charge in [-0.3, -0.25) is 0 Å². The summed E-state index contributed by atoms with van der Waals surface area (Å²) in [5.74, 6) is 0. The number of para-hydroxylation sites is 4. The van der Waals surface area contributed by atoms with Crippen molar-refractivity contribution in [1.82, 2.24) is 18.3 Å². The maximum atomic E-state index is 15.9. The van der Waals surface area contributed by atoms with Crippen LogP contribution in [0.4, 0.5) is 0 Å². The quantitative estimate of drug-likeness (QED) is 0.128. The monoisotopic (exact) mass is 1090 g/mol. The van der Waals surface area contributed by atoms with Crippen LogP contribution in [-0.2, 0) is 9.13 Å². The van der Waals surface area contributed by atoms with Gasteiger partial charge in [0, 0.05) is 86.9 Å². The SMILES string of the molecule is O=P(c1ccccc1)(c1ccccc1)c1ccc(-n2c3cc(-n4c5ccccc5c5ccccc54)ccc3c3c2c2ccc(-n4c5ccccc5c5ccccc54)cc2n3-c2ccc(P(=O)(c3ccccc3)c3ccccc3)cc2)cc1. The number of hydrogen-bond donors (Lipinski definition) is 0. The Hall–Kier alpha value is -9.96. The number of fused-ring (bicyclic) bond motifs is 11. The maximum Gasteiger partial charge on any atom is 0.171 e. The molecule has 0 spiro atoms. The van der Waals surface area contributed by atoms with E-state index in [-0.39, 0.29) is 0 Å². The van der Waals surface area contributed by atoms with Gasteiger partial charge in [0.05, 0.1) is 44.1 Å². The average molecular weight is 1090 g/mol. The summed E-state index contributed by atoms with van der Waals surface area (Å²) in [6.45, 7) is 0. The van der Waals surface area contributed by atoms with Crippen molar-refractivity contribution in [1.29, 1.82) is 0 Å². The van der Waals surface area contributed by atoms with E-state index in [4.69, 9.17) is 0 Å². The molecule has 0 aliphatic rings. The Morgan fingerprint density at radius 3 is 0.732 bits per heavy atom. The first kappa shape index (κ1) is 48.0. The summed E-state index contributed by atoms with van der Waals surface area (Å²) in [4.78, 5) is 0. The molecule has 16 aromatic rings. The van der Waals surface area contributed by atoms with Crippen LogP contribution in [0.1, 0.15) is 0 Å². The van der Waals surface area contributed by atoms with Crippen LogP contribution in [0.15, 0.2) is 303 Å². The summed E-state index contributed by atoms with van der Waals surface area (Å²) >= 11 is 0. The fourth-order valence-electron chi connectivity index (χ4n) is 13.0. The third-order valence-corrected chi connectivity index (χ3v) is 22.9. The second-order valence-electron chi connectivity index (χ2n) is 21.1. The van der Waals surface area contributed by atoms with Crippen molar-refractivity contribution in [3.05, 3.63) is 303 Å². The number of hydrogen-bond acceptors (Lipinski definition) is 2. The van der Waals surface area contributed by atoms with E-state index < -0.39 is 14.3 Å². The Balaban J connectivity index is 0.995. The lowest BCUT2D eigenvalue weighted by molar-refractivity contribution is 0.591. The zero-order chi connectivity index (χ0) is 54.5. The summed E-state index contributed by atoms with van der Waals surface area (Å²) < 4.78 is 41.3. The maximum absolute atomic E-state index is 15.9. The summed E-state index contributed by atoms with van der Waals surface area (Å²) in [7, 11) is -6.58. The predicted molar refractivity (Wildman–Crippen MR) is 345 cm³/mol. The van der Waals surface area contributed by atoms with Crippen molar-refractivity contribution in [2.24, 2.45) is 0 Å². The van der Waals surface area contributed by atoms with Crippen LogP contribution in [0, 0.1) is 0 Å². The molecule has 6 nitrogen and oxygen atoms in total. The Kier molecular flexibility index (Phi) is 11.0. The van der Waals surface area contributed by atoms with Crippen LogP contribution in [0.5, 0.6) is 0 Å². The Labute approximate surface area is 473 Å². The summed E-state index contributed by atoms with van der Waals surface area (Å²) in [6, 6.07) is 105. The lowest BCUT2D eigenvalue weighted by Gasteiger charge is -2.20. The number of nitrogens with zero attached hydrogens (tertiary/aromatic N) is 4. The van der Waals surface area contributed by atoms with Gasteiger partial charge in [0.25, 0.3) is 0 Å². The van der Waals surface area contributed by atoms with Gasteiger partial charge in [-0.25, -0.2) is 0 Å². The topological polar surface area (TPSA) is 53.9 Å². The van der Waals surface area contributed by atoms with Crippen molar-refractivity contribution >= 4 is 123 Å². The van der Waals surface area contributed by atoms with Gasteiger partial charge in [-0.05, 0) is 109 Å². The average Bonchev–Trinajstić information content (AvgIpc) is 4.46. The molecule has 0 saturated carbocycles. The number of benzene rings is 12. The van der Waals surface area contributed by atoms with E-state index in [0.29, 0.717) is 0 Å². The molecule has 0 saturated heterocycles. The van der Waals surface area contributed by atoms with Gasteiger partial charge in [0.15, 0.2) is 14.3 Å². The fourth-order valence-corrected chi connectivity index (χ4v) is 18.3. The van der Waals surface area contributed by atoms with Crippen LogP contribution in [-0.4, -0.2) is 18.3 Å². The molecular formula is C74H50N4O2P2. The van der Waals surface area contributed by atoms with Crippen LogP contribution in [0.25, 0.3) is 99.2 Å². The highest BCUT2D eigenvalue weighted by molar-refractivity contribution is 7.85. The molecule has 16 rings (SSSR count). The first-order valence-corrected chi connectivity index (χ1v) is 31.1. The van der Waals surface area contributed by atoms with Crippen LogP contribution in [0.3, 0.4) is 0 Å². The van der Waals surface area contributed by atoms with Crippen molar-refractivity contribution in [2.75, 3.05) is 0 Å². The van der Waals surface area contributed by atoms with E-state index in [1.165, 1.54) is 21.5 Å². The molecule has 0 aliphatic heterocycles. The van der Waals surface area contributed by atoms with Crippen molar-refractivity contribution in [3.8, 4) is 22.7 Å². The Bertz CT molecular complexity index is 4730. The molecule has 12 aromatic carbocycles. The Morgan fingerprint density at radius 2 is 0.439 bits per heavy atom. The van der Waals surface area contributed by atoms with Gasteiger partial charge in [0.2, 0.25) is 0 Å². The zero-order valence-electron chi connectivity index (χ0n) is 44.4. The van der Waals surface area contributed by atoms with E-state index in [1.54, 1.807) is 0 Å². The molecule has 4 aromatic heterocycles. The summed E-state index contributed by atoms with van der Waals surface area (Å²) in [6.07, 6.45) is 0. The third kappa shape index (κ3) is 7.15. The first-order chi connectivity index (χ1) is 40.5. The standard InChI is InChI=1S/C74H50N4O2P2/c79-81(55-21-5-1-6-22-55,56-23-7-2-8-24-56)59-43-37-51(38-44-59)77-71-49-53(75-67-33-17-13-29-61(67)62-30-14-18-34-68(62)75)41-47-65(71)74-73(77)66-48-42-54(76-69-35-19-15-31-63(69)64-32-16-20-36-70(64)76)50-72(66)78(74)52-39-45-60(46-40-52)82(80,57-25-9-3-10-26-57)58-27-11-4-12-28-58/h1-50H. The Morgan fingerprint density at radius 1 is 0.195 bits per heavy atom. The molecule has 82 heavy (non-hydrogen) atoms. The zero-order valence-corrected chi connectivity index (χ0v) is 46.2. The van der Waals surface area contributed by atoms with Crippen molar-refractivity contribution in [3.63, 3.8) is 0 Å². The van der Waals surface area contributed by atoms with E-state index in [1.807, 2.05) is 121 Å². The van der Waals surface area contributed by atoms with Gasteiger partial charge in [-0.15, -0.1) is 0 Å². The molecule has 4 heterocycles. The molecule has 0 unspecified atom stereocenters. The van der Waals surface area contributed by atoms with Crippen LogP contribution < -0.4 is 31.8 Å². The third-order valence-electron chi connectivity index (χ3n) is 16.7. The minimum atomic E-state index is -3.29. The molecular weight excluding hydrogens is 1040 g/mol. The lowest BCUT2D eigenvalue weighted by Crippen LogP contribution is -2.25. The molecule has 0 amide bonds. The number of rotatable bonds is 10. The summed E-state index contributed by atoms with van der Waals surface area (Å²) in [5.41, 5.74) is 12.5. The smallest absolute Gasteiger partial charge is 0.171 e. The molecule has 0 N–H and O–H groups in total. The molecule has 0 atom stereocenters. The van der Waals surface area contributed by atoms with Crippen LogP contribution in [0.2, 0.25) is 0 Å². The van der Waals surface area contributed by atoms with Crippen molar-refractivity contribution < 1.29 is 9.13 Å². The van der Waals surface area contributed by atoms with Gasteiger partial charge in [0.1, 0.15) is 0 Å². The van der Waals surface area contributed by atoms with E-state index in [2.05, 4.69) is 200 Å². The van der Waals surface area contributed by atoms with Gasteiger partial charge >= 0.3 is 0 Å². The van der Waals surface area contributed by atoms with Gasteiger partial charge in [-0.2, -0.15) is 0 Å². The van der Waals surface area contributed by atoms with Gasteiger partial charge < -0.3 is 27.4 Å². The van der Waals surface area contributed by atoms with Crippen LogP contribution >= 0.6 is 14.3 Å². The molecule has 0 bridgehead atoms. The first-order valence-electron chi connectivity index (χ1n) is 27.7. The second-order valence-corrected chi connectivity index (χ2v) is 26.6. The normalized spacial score (nSPS) is 12.2. The largest absolute Gasteiger partial charge is 0.309 e. The molecule has 8 heteroatoms. The predicted octanol–water partition coefficient (Wildman–Crippen LogP) is 16.2. The highest BCUT2D eigenvalue weighted by atomic mass is 31.2. The minimum Gasteiger partial charge on any atom is -0.309 e. The highest BCUT2D eigenvalue weighted by Gasteiger charge is 2.32. The molecule has 0 radical (unpaired) electrons. The molecule has 0 aliphatic carbocycles. The number of aromatic nitrogens is 4. The second kappa shape index (κ2) is 18.8.